The van der Waals surface area contributed by atoms with Crippen molar-refractivity contribution in [2.45, 2.75) is 39.5 Å². The number of benzene rings is 4. The molecule has 0 unspecified atom stereocenters. The number of rotatable bonds is 4. The Labute approximate surface area is 242 Å². The van der Waals surface area contributed by atoms with E-state index < -0.39 is 20.8 Å². The number of hydrogen-bond acceptors (Lipinski definition) is 0. The van der Waals surface area contributed by atoms with E-state index in [9.17, 15) is 0 Å². The van der Waals surface area contributed by atoms with Crippen molar-refractivity contribution in [2.24, 2.45) is 0 Å². The Hall–Kier alpha value is -1.83. The summed E-state index contributed by atoms with van der Waals surface area (Å²) in [5, 5.41) is 5.61. The third kappa shape index (κ3) is 6.79. The summed E-state index contributed by atoms with van der Waals surface area (Å²) >= 11 is -0.826. The monoisotopic (exact) mass is 614 g/mol. The van der Waals surface area contributed by atoms with Gasteiger partial charge >= 0.3 is 37.9 Å². The van der Waals surface area contributed by atoms with Crippen LogP contribution >= 0.6 is 17.0 Å². The van der Waals surface area contributed by atoms with Gasteiger partial charge in [0, 0.05) is 0 Å². The fourth-order valence-corrected chi connectivity index (χ4v) is 6.14. The van der Waals surface area contributed by atoms with E-state index in [4.69, 9.17) is 17.0 Å². The van der Waals surface area contributed by atoms with Crippen LogP contribution in [0.2, 0.25) is 0 Å². The fourth-order valence-electron chi connectivity index (χ4n) is 4.83. The van der Waals surface area contributed by atoms with Crippen LogP contribution in [0.15, 0.2) is 97.1 Å². The quantitative estimate of drug-likeness (QED) is 0.137. The minimum Gasteiger partial charge on any atom is -0.184 e. The second-order valence-corrected chi connectivity index (χ2v) is 14.4. The molecule has 0 spiro atoms. The molecule has 37 heavy (non-hydrogen) atoms. The number of aryl methyl sites for hydroxylation is 1. The van der Waals surface area contributed by atoms with Crippen LogP contribution in [0.1, 0.15) is 44.2 Å². The van der Waals surface area contributed by atoms with Crippen LogP contribution in [0.25, 0.3) is 33.0 Å². The van der Waals surface area contributed by atoms with Gasteiger partial charge in [0.05, 0.1) is 9.52 Å². The first-order valence-corrected chi connectivity index (χ1v) is 20.0. The minimum atomic E-state index is -0.826. The average molecular weight is 617 g/mol. The summed E-state index contributed by atoms with van der Waals surface area (Å²) in [6.45, 7) is 6.79. The molecule has 0 nitrogen and oxygen atoms in total. The van der Waals surface area contributed by atoms with Crippen molar-refractivity contribution >= 4 is 47.7 Å². The largest absolute Gasteiger partial charge is 0.184 e. The van der Waals surface area contributed by atoms with Crippen molar-refractivity contribution in [3.63, 3.8) is 0 Å². The van der Waals surface area contributed by atoms with E-state index in [0.717, 1.165) is 15.9 Å². The summed E-state index contributed by atoms with van der Waals surface area (Å²) in [4.78, 5) is 0. The van der Waals surface area contributed by atoms with E-state index >= 15 is 0 Å². The SMILES string of the molecule is CCCc1ccc2[cH-]c(C(C)C)cc2c1-c1ccccc1.[Cl][Zr+2][Cl].[c-]1cccc2c1[Si]c1ccccc1-2. The molecule has 6 rings (SSSR count). The third-order valence-corrected chi connectivity index (χ3v) is 7.95. The number of hydrogen-bond donors (Lipinski definition) is 0. The van der Waals surface area contributed by atoms with Gasteiger partial charge < -0.3 is 0 Å². The van der Waals surface area contributed by atoms with Gasteiger partial charge in [0.2, 0.25) is 0 Å². The first-order chi connectivity index (χ1) is 18.1. The van der Waals surface area contributed by atoms with Gasteiger partial charge in [-0.05, 0) is 17.9 Å². The number of fused-ring (bicyclic) bond motifs is 4. The predicted octanol–water partition coefficient (Wildman–Crippen LogP) is 8.80. The summed E-state index contributed by atoms with van der Waals surface area (Å²) in [6, 6.07) is 38.3. The average Bonchev–Trinajstić information content (AvgIpc) is 3.52. The second kappa shape index (κ2) is 13.8. The van der Waals surface area contributed by atoms with Crippen molar-refractivity contribution in [1.82, 2.24) is 0 Å². The molecule has 0 atom stereocenters. The maximum atomic E-state index is 4.93. The first kappa shape index (κ1) is 28.2. The Kier molecular flexibility index (Phi) is 10.5. The molecular weight excluding hydrogens is 587 g/mol. The van der Waals surface area contributed by atoms with Crippen LogP contribution < -0.4 is 10.4 Å². The molecule has 0 amide bonds. The standard InChI is InChI=1S/C21H23.C12H7Si.2ClH.Zr/c1-4-8-16-11-12-18-13-19(15(2)3)14-20(18)21(16)17-9-6-5-7-10-17;1-3-7-11-9(5-1)10-6-2-4-8-12(10)13-11;;;/h5-7,9-15H,4,8H2,1-3H3;1-7H;2*1H;/q2*-1;;;+4/p-2. The summed E-state index contributed by atoms with van der Waals surface area (Å²) in [6.07, 6.45) is 2.32. The zero-order chi connectivity index (χ0) is 26.2. The van der Waals surface area contributed by atoms with Gasteiger partial charge in [-0.15, -0.1) is 40.1 Å². The molecule has 5 aromatic carbocycles. The molecule has 0 bridgehead atoms. The first-order valence-electron chi connectivity index (χ1n) is 12.7. The molecule has 0 aromatic heterocycles. The van der Waals surface area contributed by atoms with Crippen molar-refractivity contribution in [3.8, 4) is 22.3 Å². The summed E-state index contributed by atoms with van der Waals surface area (Å²) in [5.74, 6) is 0.579. The second-order valence-electron chi connectivity index (χ2n) is 9.36. The van der Waals surface area contributed by atoms with Gasteiger partial charge in [-0.3, -0.25) is 0 Å². The van der Waals surface area contributed by atoms with Gasteiger partial charge in [-0.1, -0.05) is 104 Å². The molecule has 184 valence electrons. The maximum absolute atomic E-state index is 4.93. The maximum Gasteiger partial charge on any atom is 0.0920 e. The predicted molar refractivity (Wildman–Crippen MR) is 161 cm³/mol. The molecule has 5 aromatic rings. The van der Waals surface area contributed by atoms with Crippen LogP contribution in [0.4, 0.5) is 0 Å². The van der Waals surface area contributed by atoms with E-state index in [2.05, 4.69) is 118 Å². The molecule has 0 N–H and O–H groups in total. The smallest absolute Gasteiger partial charge is 0.0920 e. The molecule has 4 heteroatoms. The van der Waals surface area contributed by atoms with E-state index in [1.807, 2.05) is 6.07 Å². The van der Waals surface area contributed by atoms with Crippen molar-refractivity contribution in [1.29, 1.82) is 0 Å². The van der Waals surface area contributed by atoms with Gasteiger partial charge in [0.25, 0.3) is 0 Å². The Morgan fingerprint density at radius 2 is 1.59 bits per heavy atom. The van der Waals surface area contributed by atoms with Crippen molar-refractivity contribution in [2.75, 3.05) is 0 Å². The third-order valence-electron chi connectivity index (χ3n) is 6.58. The fraction of sp³-hybridized carbons (Fsp3) is 0.182. The van der Waals surface area contributed by atoms with Gasteiger partial charge in [-0.25, -0.2) is 0 Å². The summed E-state index contributed by atoms with van der Waals surface area (Å²) in [5.41, 5.74) is 8.45. The van der Waals surface area contributed by atoms with Crippen molar-refractivity contribution in [3.05, 3.63) is 114 Å². The summed E-state index contributed by atoms with van der Waals surface area (Å²) < 4.78 is 0. The van der Waals surface area contributed by atoms with Crippen LogP contribution in [-0.4, -0.2) is 9.52 Å². The molecule has 1 aliphatic rings. The van der Waals surface area contributed by atoms with E-state index in [-0.39, 0.29) is 0 Å². The topological polar surface area (TPSA) is 0 Å². The van der Waals surface area contributed by atoms with E-state index in [1.54, 1.807) is 0 Å². The Bertz CT molecular complexity index is 1400. The Morgan fingerprint density at radius 3 is 2.32 bits per heavy atom. The van der Waals surface area contributed by atoms with E-state index in [1.165, 1.54) is 60.9 Å². The molecule has 0 saturated heterocycles. The van der Waals surface area contributed by atoms with Crippen LogP contribution in [0.5, 0.6) is 0 Å². The molecule has 0 saturated carbocycles. The number of halogens is 2. The molecule has 1 aliphatic heterocycles. The van der Waals surface area contributed by atoms with Gasteiger partial charge in [-0.2, -0.15) is 35.5 Å². The zero-order valence-electron chi connectivity index (χ0n) is 21.5. The van der Waals surface area contributed by atoms with Crippen molar-refractivity contribution < 1.29 is 20.8 Å². The Balaban J connectivity index is 0.000000170. The Morgan fingerprint density at radius 1 is 0.892 bits per heavy atom. The molecule has 1 heterocycles. The van der Waals surface area contributed by atoms with Gasteiger partial charge in [0.15, 0.2) is 0 Å². The molecular formula is C33H30Cl2SiZr. The summed E-state index contributed by atoms with van der Waals surface area (Å²) in [7, 11) is 10.7. The molecule has 0 fully saturated rings. The van der Waals surface area contributed by atoms with Crippen LogP contribution in [0, 0.1) is 6.07 Å². The van der Waals surface area contributed by atoms with Crippen LogP contribution in [-0.2, 0) is 27.3 Å². The minimum absolute atomic E-state index is 0.579. The van der Waals surface area contributed by atoms with Gasteiger partial charge in [0.1, 0.15) is 0 Å². The molecule has 0 aliphatic carbocycles. The normalized spacial score (nSPS) is 11.1. The zero-order valence-corrected chi connectivity index (χ0v) is 26.5. The van der Waals surface area contributed by atoms with E-state index in [0.29, 0.717) is 5.92 Å². The molecule has 2 radical (unpaired) electrons. The van der Waals surface area contributed by atoms with Crippen LogP contribution in [0.3, 0.4) is 0 Å².